The van der Waals surface area contributed by atoms with Crippen LogP contribution in [-0.2, 0) is 4.74 Å². The summed E-state index contributed by atoms with van der Waals surface area (Å²) in [6.07, 6.45) is 0. The van der Waals surface area contributed by atoms with Gasteiger partial charge in [0.1, 0.15) is 6.04 Å². The maximum Gasteiger partial charge on any atom is 0.256 e. The van der Waals surface area contributed by atoms with Crippen molar-refractivity contribution >= 4 is 16.7 Å². The number of aliphatic hydroxyl groups excluding tert-OH is 1. The van der Waals surface area contributed by atoms with Crippen molar-refractivity contribution in [3.8, 4) is 6.07 Å². The first-order chi connectivity index (χ1) is 10.8. The first kappa shape index (κ1) is 14.5. The molecule has 0 bridgehead atoms. The Balaban J connectivity index is 1.95. The lowest BCUT2D eigenvalue weighted by Crippen LogP contribution is -2.31. The second kappa shape index (κ2) is 6.14. The number of nitrogens with zero attached hydrogens (tertiary/aromatic N) is 2. The molecule has 1 amide bonds. The number of rotatable bonds is 5. The van der Waals surface area contributed by atoms with Gasteiger partial charge < -0.3 is 14.7 Å². The van der Waals surface area contributed by atoms with Crippen molar-refractivity contribution in [2.45, 2.75) is 6.04 Å². The SMILES string of the molecule is N#CC1c2ccc3ccccc3c2C(=O)N1CCOCCO. The molecule has 0 saturated carbocycles. The molecule has 0 radical (unpaired) electrons. The zero-order valence-electron chi connectivity index (χ0n) is 12.0. The summed E-state index contributed by atoms with van der Waals surface area (Å²) in [5.41, 5.74) is 1.38. The van der Waals surface area contributed by atoms with Gasteiger partial charge in [-0.3, -0.25) is 4.79 Å². The zero-order chi connectivity index (χ0) is 15.5. The van der Waals surface area contributed by atoms with Gasteiger partial charge in [0, 0.05) is 12.1 Å². The Labute approximate surface area is 128 Å². The Hall–Kier alpha value is -2.42. The molecule has 0 spiro atoms. The van der Waals surface area contributed by atoms with E-state index in [0.717, 1.165) is 16.3 Å². The Morgan fingerprint density at radius 1 is 1.23 bits per heavy atom. The van der Waals surface area contributed by atoms with Crippen LogP contribution in [0.5, 0.6) is 0 Å². The van der Waals surface area contributed by atoms with Gasteiger partial charge in [-0.1, -0.05) is 36.4 Å². The van der Waals surface area contributed by atoms with Crippen LogP contribution < -0.4 is 0 Å². The quantitative estimate of drug-likeness (QED) is 0.855. The number of fused-ring (bicyclic) bond motifs is 3. The molecule has 1 unspecified atom stereocenters. The van der Waals surface area contributed by atoms with Gasteiger partial charge in [-0.25, -0.2) is 0 Å². The van der Waals surface area contributed by atoms with Crippen molar-refractivity contribution < 1.29 is 14.6 Å². The number of carbonyl (C=O) groups is 1. The first-order valence-corrected chi connectivity index (χ1v) is 7.18. The molecule has 2 aromatic carbocycles. The monoisotopic (exact) mass is 296 g/mol. The Kier molecular flexibility index (Phi) is 4.05. The average molecular weight is 296 g/mol. The maximum absolute atomic E-state index is 12.7. The number of hydrogen-bond acceptors (Lipinski definition) is 4. The Morgan fingerprint density at radius 2 is 2.05 bits per heavy atom. The minimum atomic E-state index is -0.579. The van der Waals surface area contributed by atoms with E-state index in [0.29, 0.717) is 18.7 Å². The highest BCUT2D eigenvalue weighted by Crippen LogP contribution is 2.37. The summed E-state index contributed by atoms with van der Waals surface area (Å²) in [5.74, 6) is -0.133. The number of carbonyl (C=O) groups excluding carboxylic acids is 1. The predicted octanol–water partition coefficient (Wildman–Crippen LogP) is 1.87. The molecule has 0 fully saturated rings. The van der Waals surface area contributed by atoms with Crippen LogP contribution in [0.25, 0.3) is 10.8 Å². The highest BCUT2D eigenvalue weighted by Gasteiger charge is 2.37. The van der Waals surface area contributed by atoms with E-state index in [2.05, 4.69) is 6.07 Å². The lowest BCUT2D eigenvalue weighted by atomic mass is 9.98. The van der Waals surface area contributed by atoms with Gasteiger partial charge >= 0.3 is 0 Å². The minimum absolute atomic E-state index is 0.0551. The van der Waals surface area contributed by atoms with Crippen LogP contribution in [0.3, 0.4) is 0 Å². The van der Waals surface area contributed by atoms with Gasteiger partial charge in [-0.05, 0) is 10.8 Å². The molecule has 2 aromatic rings. The van der Waals surface area contributed by atoms with Crippen LogP contribution in [0.4, 0.5) is 0 Å². The summed E-state index contributed by atoms with van der Waals surface area (Å²) in [6.45, 7) is 0.812. The van der Waals surface area contributed by atoms with Crippen molar-refractivity contribution in [1.82, 2.24) is 4.90 Å². The number of nitriles is 1. The summed E-state index contributed by atoms with van der Waals surface area (Å²) in [7, 11) is 0. The maximum atomic E-state index is 12.7. The molecule has 5 heteroatoms. The van der Waals surface area contributed by atoms with Crippen LogP contribution in [0.15, 0.2) is 36.4 Å². The average Bonchev–Trinajstić information content (AvgIpc) is 2.83. The third-order valence-corrected chi connectivity index (χ3v) is 3.88. The molecule has 22 heavy (non-hydrogen) atoms. The van der Waals surface area contributed by atoms with Crippen molar-refractivity contribution in [3.63, 3.8) is 0 Å². The molecule has 5 nitrogen and oxygen atoms in total. The molecule has 1 atom stereocenters. The molecule has 0 aromatic heterocycles. The van der Waals surface area contributed by atoms with Gasteiger partial charge in [0.25, 0.3) is 5.91 Å². The fourth-order valence-electron chi connectivity index (χ4n) is 2.88. The molecule has 1 aliphatic heterocycles. The van der Waals surface area contributed by atoms with Crippen molar-refractivity contribution in [3.05, 3.63) is 47.5 Å². The molecule has 1 aliphatic rings. The van der Waals surface area contributed by atoms with E-state index in [-0.39, 0.29) is 19.1 Å². The normalized spacial score (nSPS) is 16.8. The molecular weight excluding hydrogens is 280 g/mol. The van der Waals surface area contributed by atoms with Crippen molar-refractivity contribution in [2.75, 3.05) is 26.4 Å². The van der Waals surface area contributed by atoms with Gasteiger partial charge in [0.15, 0.2) is 0 Å². The Morgan fingerprint density at radius 3 is 2.82 bits per heavy atom. The zero-order valence-corrected chi connectivity index (χ0v) is 12.0. The molecule has 1 heterocycles. The standard InChI is InChI=1S/C17H16N2O3/c18-11-15-14-6-5-12-3-1-2-4-13(12)16(14)17(21)19(15)7-9-22-10-8-20/h1-6,15,20H,7-10H2. The van der Waals surface area contributed by atoms with E-state index in [1.54, 1.807) is 0 Å². The lowest BCUT2D eigenvalue weighted by molar-refractivity contribution is 0.0558. The van der Waals surface area contributed by atoms with Gasteiger partial charge in [0.05, 0.1) is 31.5 Å². The topological polar surface area (TPSA) is 73.6 Å². The summed E-state index contributed by atoms with van der Waals surface area (Å²) in [4.78, 5) is 14.2. The third kappa shape index (κ3) is 2.33. The van der Waals surface area contributed by atoms with E-state index in [1.807, 2.05) is 36.4 Å². The Bertz CT molecular complexity index is 751. The van der Waals surface area contributed by atoms with Gasteiger partial charge in [-0.2, -0.15) is 5.26 Å². The minimum Gasteiger partial charge on any atom is -0.394 e. The molecule has 1 N–H and O–H groups in total. The second-order valence-electron chi connectivity index (χ2n) is 5.12. The fraction of sp³-hybridized carbons (Fsp3) is 0.294. The predicted molar refractivity (Wildman–Crippen MR) is 81.2 cm³/mol. The molecule has 3 rings (SSSR count). The van der Waals surface area contributed by atoms with Crippen LogP contribution in [0.2, 0.25) is 0 Å². The van der Waals surface area contributed by atoms with Crippen molar-refractivity contribution in [2.24, 2.45) is 0 Å². The largest absolute Gasteiger partial charge is 0.394 e. The van der Waals surface area contributed by atoms with E-state index in [9.17, 15) is 10.1 Å². The van der Waals surface area contributed by atoms with Crippen LogP contribution in [0, 0.1) is 11.3 Å². The summed E-state index contributed by atoms with van der Waals surface area (Å²) < 4.78 is 5.22. The van der Waals surface area contributed by atoms with Crippen LogP contribution in [0.1, 0.15) is 22.0 Å². The number of aliphatic hydroxyl groups is 1. The number of ether oxygens (including phenoxy) is 1. The smallest absolute Gasteiger partial charge is 0.256 e. The summed E-state index contributed by atoms with van der Waals surface area (Å²) in [5, 5.41) is 20.0. The molecule has 112 valence electrons. The first-order valence-electron chi connectivity index (χ1n) is 7.18. The number of amides is 1. The van der Waals surface area contributed by atoms with Crippen molar-refractivity contribution in [1.29, 1.82) is 5.26 Å². The number of hydrogen-bond donors (Lipinski definition) is 1. The third-order valence-electron chi connectivity index (χ3n) is 3.88. The number of benzene rings is 2. The van der Waals surface area contributed by atoms with E-state index in [1.165, 1.54) is 4.90 Å². The summed E-state index contributed by atoms with van der Waals surface area (Å²) in [6, 6.07) is 13.1. The van der Waals surface area contributed by atoms with E-state index in [4.69, 9.17) is 9.84 Å². The second-order valence-corrected chi connectivity index (χ2v) is 5.12. The molecule has 0 saturated heterocycles. The highest BCUT2D eigenvalue weighted by molar-refractivity contribution is 6.11. The van der Waals surface area contributed by atoms with E-state index < -0.39 is 6.04 Å². The van der Waals surface area contributed by atoms with Crippen LogP contribution >= 0.6 is 0 Å². The summed E-state index contributed by atoms with van der Waals surface area (Å²) >= 11 is 0. The highest BCUT2D eigenvalue weighted by atomic mass is 16.5. The molecule has 0 aliphatic carbocycles. The van der Waals surface area contributed by atoms with Gasteiger partial charge in [0.2, 0.25) is 0 Å². The molecular formula is C17H16N2O3. The lowest BCUT2D eigenvalue weighted by Gasteiger charge is -2.19. The fourth-order valence-corrected chi connectivity index (χ4v) is 2.88. The van der Waals surface area contributed by atoms with E-state index >= 15 is 0 Å². The van der Waals surface area contributed by atoms with Crippen LogP contribution in [-0.4, -0.2) is 42.3 Å². The van der Waals surface area contributed by atoms with Gasteiger partial charge in [-0.15, -0.1) is 0 Å².